The maximum absolute atomic E-state index is 12.4. The highest BCUT2D eigenvalue weighted by atomic mass is 16.2. The highest BCUT2D eigenvalue weighted by molar-refractivity contribution is 5.81. The molecule has 1 amide bonds. The first-order chi connectivity index (χ1) is 10.6. The van der Waals surface area contributed by atoms with Crippen molar-refractivity contribution in [2.45, 2.75) is 19.5 Å². The first-order valence-electron chi connectivity index (χ1n) is 7.08. The number of likely N-dealkylation sites (N-methyl/N-ethyl adjacent to an activating group) is 1. The first kappa shape index (κ1) is 14.2. The molecule has 1 atom stereocenters. The molecule has 2 aromatic heterocycles. The number of amides is 1. The second-order valence-electron chi connectivity index (χ2n) is 5.28. The summed E-state index contributed by atoms with van der Waals surface area (Å²) in [5, 5.41) is 5.09. The largest absolute Gasteiger partial charge is 0.340 e. The Labute approximate surface area is 128 Å². The maximum Gasteiger partial charge on any atom is 0.247 e. The van der Waals surface area contributed by atoms with Gasteiger partial charge in [-0.25, -0.2) is 9.67 Å². The Hall–Kier alpha value is -2.76. The van der Waals surface area contributed by atoms with E-state index in [4.69, 9.17) is 0 Å². The van der Waals surface area contributed by atoms with Gasteiger partial charge >= 0.3 is 0 Å². The molecule has 112 valence electrons. The van der Waals surface area contributed by atoms with Gasteiger partial charge in [0, 0.05) is 25.2 Å². The molecule has 6 nitrogen and oxygen atoms in total. The average molecular weight is 295 g/mol. The summed E-state index contributed by atoms with van der Waals surface area (Å²) < 4.78 is 1.56. The number of benzene rings is 1. The van der Waals surface area contributed by atoms with Crippen LogP contribution in [-0.4, -0.2) is 37.6 Å². The zero-order valence-electron chi connectivity index (χ0n) is 12.5. The quantitative estimate of drug-likeness (QED) is 0.739. The van der Waals surface area contributed by atoms with E-state index in [2.05, 4.69) is 21.1 Å². The van der Waals surface area contributed by atoms with E-state index in [0.29, 0.717) is 6.54 Å². The van der Waals surface area contributed by atoms with Crippen LogP contribution >= 0.6 is 0 Å². The van der Waals surface area contributed by atoms with E-state index in [1.165, 1.54) is 6.33 Å². The molecule has 6 heteroatoms. The number of carbonyl (C=O) groups excluding carboxylic acids is 1. The Morgan fingerprint density at radius 2 is 2.23 bits per heavy atom. The molecule has 2 heterocycles. The standard InChI is InChI=1S/C16H17N5O/c1-12(21-11-17-10-19-21)16(22)20(2)9-13-5-6-15-14(8-13)4-3-7-18-15/h3-8,10-12H,9H2,1-2H3. The van der Waals surface area contributed by atoms with Crippen LogP contribution in [-0.2, 0) is 11.3 Å². The van der Waals surface area contributed by atoms with Crippen molar-refractivity contribution < 1.29 is 4.79 Å². The minimum absolute atomic E-state index is 0.00298. The van der Waals surface area contributed by atoms with Gasteiger partial charge in [-0.3, -0.25) is 9.78 Å². The third-order valence-corrected chi connectivity index (χ3v) is 3.65. The average Bonchev–Trinajstić information content (AvgIpc) is 3.07. The van der Waals surface area contributed by atoms with Crippen LogP contribution in [0.1, 0.15) is 18.5 Å². The predicted molar refractivity (Wildman–Crippen MR) is 83.0 cm³/mol. The number of fused-ring (bicyclic) bond motifs is 1. The smallest absolute Gasteiger partial charge is 0.247 e. The third-order valence-electron chi connectivity index (χ3n) is 3.65. The SMILES string of the molecule is CC(C(=O)N(C)Cc1ccc2ncccc2c1)n1cncn1. The fourth-order valence-electron chi connectivity index (χ4n) is 2.42. The summed E-state index contributed by atoms with van der Waals surface area (Å²) in [6, 6.07) is 9.60. The molecule has 0 bridgehead atoms. The van der Waals surface area contributed by atoms with Crippen LogP contribution in [0.15, 0.2) is 49.2 Å². The van der Waals surface area contributed by atoms with E-state index >= 15 is 0 Å². The van der Waals surface area contributed by atoms with E-state index in [0.717, 1.165) is 16.5 Å². The van der Waals surface area contributed by atoms with Crippen molar-refractivity contribution in [2.24, 2.45) is 0 Å². The summed E-state index contributed by atoms with van der Waals surface area (Å²) in [6.45, 7) is 2.36. The molecule has 0 fully saturated rings. The lowest BCUT2D eigenvalue weighted by atomic mass is 10.1. The number of rotatable bonds is 4. The van der Waals surface area contributed by atoms with Crippen molar-refractivity contribution in [1.82, 2.24) is 24.6 Å². The Bertz CT molecular complexity index is 784. The van der Waals surface area contributed by atoms with Crippen LogP contribution in [0.25, 0.3) is 10.9 Å². The summed E-state index contributed by atoms with van der Waals surface area (Å²) in [6.07, 6.45) is 4.76. The molecule has 3 rings (SSSR count). The highest BCUT2D eigenvalue weighted by Crippen LogP contribution is 2.16. The molecule has 0 aliphatic rings. The fourth-order valence-corrected chi connectivity index (χ4v) is 2.42. The molecule has 22 heavy (non-hydrogen) atoms. The van der Waals surface area contributed by atoms with Crippen molar-refractivity contribution in [3.05, 3.63) is 54.7 Å². The van der Waals surface area contributed by atoms with Gasteiger partial charge in [-0.15, -0.1) is 0 Å². The van der Waals surface area contributed by atoms with Crippen LogP contribution < -0.4 is 0 Å². The van der Waals surface area contributed by atoms with Crippen LogP contribution in [0.2, 0.25) is 0 Å². The molecular formula is C16H17N5O. The van der Waals surface area contributed by atoms with Gasteiger partial charge in [0.1, 0.15) is 18.7 Å². The van der Waals surface area contributed by atoms with Crippen LogP contribution in [0.3, 0.4) is 0 Å². The van der Waals surface area contributed by atoms with Crippen LogP contribution in [0.4, 0.5) is 0 Å². The van der Waals surface area contributed by atoms with Gasteiger partial charge in [-0.1, -0.05) is 12.1 Å². The van der Waals surface area contributed by atoms with Gasteiger partial charge in [-0.2, -0.15) is 5.10 Å². The summed E-state index contributed by atoms with van der Waals surface area (Å²) in [7, 11) is 1.79. The Balaban J connectivity index is 1.74. The monoisotopic (exact) mass is 295 g/mol. The molecule has 0 saturated carbocycles. The van der Waals surface area contributed by atoms with E-state index in [-0.39, 0.29) is 11.9 Å². The van der Waals surface area contributed by atoms with Crippen molar-refractivity contribution >= 4 is 16.8 Å². The number of hydrogen-bond donors (Lipinski definition) is 0. The van der Waals surface area contributed by atoms with Gasteiger partial charge in [0.15, 0.2) is 0 Å². The summed E-state index contributed by atoms with van der Waals surface area (Å²) in [5.74, 6) is -0.00298. The predicted octanol–water partition coefficient (Wildman–Crippen LogP) is 2.05. The Kier molecular flexibility index (Phi) is 3.82. The normalized spacial score (nSPS) is 12.3. The summed E-state index contributed by atoms with van der Waals surface area (Å²) in [5.41, 5.74) is 2.03. The van der Waals surface area contributed by atoms with E-state index in [1.807, 2.05) is 31.2 Å². The van der Waals surface area contributed by atoms with Crippen molar-refractivity contribution in [1.29, 1.82) is 0 Å². The molecule has 1 aromatic carbocycles. The van der Waals surface area contributed by atoms with Crippen molar-refractivity contribution in [2.75, 3.05) is 7.05 Å². The lowest BCUT2D eigenvalue weighted by molar-refractivity contribution is -0.133. The zero-order chi connectivity index (χ0) is 15.5. The Morgan fingerprint density at radius 3 is 3.00 bits per heavy atom. The maximum atomic E-state index is 12.4. The van der Waals surface area contributed by atoms with E-state index in [9.17, 15) is 4.79 Å². The third kappa shape index (κ3) is 2.81. The van der Waals surface area contributed by atoms with Gasteiger partial charge in [-0.05, 0) is 30.7 Å². The minimum atomic E-state index is -0.366. The van der Waals surface area contributed by atoms with Gasteiger partial charge in [0.25, 0.3) is 0 Å². The minimum Gasteiger partial charge on any atom is -0.340 e. The zero-order valence-corrected chi connectivity index (χ0v) is 12.5. The molecule has 1 unspecified atom stereocenters. The number of carbonyl (C=O) groups is 1. The molecule has 0 N–H and O–H groups in total. The van der Waals surface area contributed by atoms with E-state index in [1.54, 1.807) is 29.2 Å². The molecular weight excluding hydrogens is 278 g/mol. The molecule has 0 radical (unpaired) electrons. The number of aromatic nitrogens is 4. The van der Waals surface area contributed by atoms with Crippen LogP contribution in [0, 0.1) is 0 Å². The molecule has 3 aromatic rings. The molecule has 0 saturated heterocycles. The second kappa shape index (κ2) is 5.93. The van der Waals surface area contributed by atoms with Crippen molar-refractivity contribution in [3.8, 4) is 0 Å². The van der Waals surface area contributed by atoms with Crippen molar-refractivity contribution in [3.63, 3.8) is 0 Å². The van der Waals surface area contributed by atoms with Crippen LogP contribution in [0.5, 0.6) is 0 Å². The number of hydrogen-bond acceptors (Lipinski definition) is 4. The molecule has 0 aliphatic heterocycles. The molecule has 0 spiro atoms. The number of nitrogens with zero attached hydrogens (tertiary/aromatic N) is 5. The van der Waals surface area contributed by atoms with E-state index < -0.39 is 0 Å². The second-order valence-corrected chi connectivity index (χ2v) is 5.28. The van der Waals surface area contributed by atoms with Gasteiger partial charge in [0.2, 0.25) is 5.91 Å². The lowest BCUT2D eigenvalue weighted by Crippen LogP contribution is -2.33. The lowest BCUT2D eigenvalue weighted by Gasteiger charge is -2.21. The van der Waals surface area contributed by atoms with Gasteiger partial charge < -0.3 is 4.90 Å². The van der Waals surface area contributed by atoms with Gasteiger partial charge in [0.05, 0.1) is 5.52 Å². The summed E-state index contributed by atoms with van der Waals surface area (Å²) >= 11 is 0. The topological polar surface area (TPSA) is 63.9 Å². The number of pyridine rings is 1. The first-order valence-corrected chi connectivity index (χ1v) is 7.08. The highest BCUT2D eigenvalue weighted by Gasteiger charge is 2.19. The Morgan fingerprint density at radius 1 is 1.36 bits per heavy atom. The fraction of sp³-hybridized carbons (Fsp3) is 0.250. The molecule has 0 aliphatic carbocycles. The summed E-state index contributed by atoms with van der Waals surface area (Å²) in [4.78, 5) is 22.3.